The van der Waals surface area contributed by atoms with Gasteiger partial charge in [-0.1, -0.05) is 0 Å². The number of hydrogen-bond donors (Lipinski definition) is 1. The third-order valence-electron chi connectivity index (χ3n) is 4.25. The molecule has 0 amide bonds. The summed E-state index contributed by atoms with van der Waals surface area (Å²) in [4.78, 5) is 2.08. The minimum absolute atomic E-state index is 0.0768. The number of fused-ring (bicyclic) bond motifs is 1. The second-order valence-corrected chi connectivity index (χ2v) is 7.50. The molecule has 1 unspecified atom stereocenters. The van der Waals surface area contributed by atoms with Gasteiger partial charge in [0.15, 0.2) is 0 Å². The van der Waals surface area contributed by atoms with Crippen LogP contribution in [0.5, 0.6) is 0 Å². The van der Waals surface area contributed by atoms with E-state index in [4.69, 9.17) is 10.4 Å². The molecule has 2 aromatic rings. The van der Waals surface area contributed by atoms with E-state index in [1.54, 1.807) is 18.2 Å². The number of rotatable bonds is 3. The molecule has 0 bridgehead atoms. The van der Waals surface area contributed by atoms with Crippen molar-refractivity contribution >= 4 is 15.7 Å². The van der Waals surface area contributed by atoms with E-state index < -0.39 is 10.0 Å². The molecular weight excluding hydrogens is 329 g/mol. The van der Waals surface area contributed by atoms with E-state index in [9.17, 15) is 12.8 Å². The van der Waals surface area contributed by atoms with Gasteiger partial charge in [0.2, 0.25) is 10.0 Å². The Bertz CT molecular complexity index is 951. The van der Waals surface area contributed by atoms with Crippen molar-refractivity contribution in [2.45, 2.75) is 30.8 Å². The minimum Gasteiger partial charge on any atom is -0.364 e. The molecule has 1 heterocycles. The Morgan fingerprint density at radius 2 is 2.08 bits per heavy atom. The number of nitrogens with two attached hydrogens (primary N) is 1. The Hall–Kier alpha value is -2.43. The molecule has 0 aromatic heterocycles. The average molecular weight is 345 g/mol. The Morgan fingerprint density at radius 1 is 1.33 bits per heavy atom. The lowest BCUT2D eigenvalue weighted by atomic mass is 10.1. The Kier molecular flexibility index (Phi) is 4.03. The van der Waals surface area contributed by atoms with E-state index in [0.29, 0.717) is 24.1 Å². The molecule has 2 aromatic carbocycles. The number of sulfonamides is 1. The average Bonchev–Trinajstić information content (AvgIpc) is 2.83. The zero-order chi connectivity index (χ0) is 17.5. The van der Waals surface area contributed by atoms with Crippen LogP contribution in [0.2, 0.25) is 0 Å². The SMILES string of the molecule is CC1Cc2cc(S(N)(=O)=O)ccc2N1Cc1cc(C#N)ccc1F. The maximum atomic E-state index is 14.1. The van der Waals surface area contributed by atoms with Crippen LogP contribution in [-0.2, 0) is 23.0 Å². The Morgan fingerprint density at radius 3 is 2.75 bits per heavy atom. The van der Waals surface area contributed by atoms with E-state index in [1.807, 2.05) is 17.9 Å². The molecule has 0 aliphatic carbocycles. The third kappa shape index (κ3) is 2.98. The van der Waals surface area contributed by atoms with E-state index >= 15 is 0 Å². The molecule has 1 atom stereocenters. The fourth-order valence-electron chi connectivity index (χ4n) is 3.04. The zero-order valence-electron chi connectivity index (χ0n) is 13.0. The van der Waals surface area contributed by atoms with Gasteiger partial charge in [0.25, 0.3) is 0 Å². The number of nitriles is 1. The smallest absolute Gasteiger partial charge is 0.238 e. The first-order chi connectivity index (χ1) is 11.3. The molecule has 2 N–H and O–H groups in total. The Labute approximate surface area is 140 Å². The van der Waals surface area contributed by atoms with Gasteiger partial charge in [0.05, 0.1) is 16.5 Å². The number of primary sulfonamides is 1. The summed E-state index contributed by atoms with van der Waals surface area (Å²) in [5.74, 6) is -0.365. The third-order valence-corrected chi connectivity index (χ3v) is 5.16. The predicted molar refractivity (Wildman–Crippen MR) is 88.3 cm³/mol. The van der Waals surface area contributed by atoms with Crippen LogP contribution in [0.1, 0.15) is 23.6 Å². The van der Waals surface area contributed by atoms with Gasteiger partial charge in [0, 0.05) is 23.8 Å². The van der Waals surface area contributed by atoms with Crippen molar-refractivity contribution < 1.29 is 12.8 Å². The van der Waals surface area contributed by atoms with Crippen molar-refractivity contribution in [2.24, 2.45) is 5.14 Å². The number of halogens is 1. The first-order valence-electron chi connectivity index (χ1n) is 7.40. The van der Waals surface area contributed by atoms with Crippen LogP contribution in [0.4, 0.5) is 10.1 Å². The summed E-state index contributed by atoms with van der Waals surface area (Å²) >= 11 is 0. The van der Waals surface area contributed by atoms with Gasteiger partial charge < -0.3 is 4.90 Å². The maximum Gasteiger partial charge on any atom is 0.238 e. The fourth-order valence-corrected chi connectivity index (χ4v) is 3.60. The van der Waals surface area contributed by atoms with Crippen LogP contribution < -0.4 is 10.0 Å². The van der Waals surface area contributed by atoms with Crippen LogP contribution >= 0.6 is 0 Å². The largest absolute Gasteiger partial charge is 0.364 e. The highest BCUT2D eigenvalue weighted by Gasteiger charge is 2.28. The van der Waals surface area contributed by atoms with E-state index in [2.05, 4.69) is 0 Å². The first-order valence-corrected chi connectivity index (χ1v) is 8.95. The highest BCUT2D eigenvalue weighted by atomic mass is 32.2. The molecule has 0 saturated heterocycles. The highest BCUT2D eigenvalue weighted by Crippen LogP contribution is 2.35. The fraction of sp³-hybridized carbons (Fsp3) is 0.235. The van der Waals surface area contributed by atoms with Crippen molar-refractivity contribution in [1.29, 1.82) is 5.26 Å². The van der Waals surface area contributed by atoms with Gasteiger partial charge in [-0.2, -0.15) is 5.26 Å². The van der Waals surface area contributed by atoms with Gasteiger partial charge in [-0.25, -0.2) is 17.9 Å². The van der Waals surface area contributed by atoms with Gasteiger partial charge in [-0.3, -0.25) is 0 Å². The molecule has 7 heteroatoms. The van der Waals surface area contributed by atoms with Crippen LogP contribution in [0.25, 0.3) is 0 Å². The summed E-state index contributed by atoms with van der Waals surface area (Å²) in [6.07, 6.45) is 0.651. The molecule has 5 nitrogen and oxygen atoms in total. The summed E-state index contributed by atoms with van der Waals surface area (Å²) < 4.78 is 37.0. The molecule has 124 valence electrons. The number of anilines is 1. The molecule has 0 saturated carbocycles. The summed E-state index contributed by atoms with van der Waals surface area (Å²) in [7, 11) is -3.75. The monoisotopic (exact) mass is 345 g/mol. The quantitative estimate of drug-likeness (QED) is 0.924. The number of hydrogen-bond acceptors (Lipinski definition) is 4. The highest BCUT2D eigenvalue weighted by molar-refractivity contribution is 7.89. The second kappa shape index (κ2) is 5.89. The van der Waals surface area contributed by atoms with E-state index in [0.717, 1.165) is 11.3 Å². The topological polar surface area (TPSA) is 87.2 Å². The van der Waals surface area contributed by atoms with Crippen molar-refractivity contribution in [1.82, 2.24) is 0 Å². The van der Waals surface area contributed by atoms with Crippen LogP contribution in [-0.4, -0.2) is 14.5 Å². The lowest BCUT2D eigenvalue weighted by Gasteiger charge is -2.25. The summed E-state index contributed by atoms with van der Waals surface area (Å²) in [6, 6.07) is 11.1. The summed E-state index contributed by atoms with van der Waals surface area (Å²) in [5.41, 5.74) is 2.56. The predicted octanol–water partition coefficient (Wildman–Crippen LogP) is 2.30. The molecular formula is C17H16FN3O2S. The standard InChI is InChI=1S/C17H16FN3O2S/c1-11-6-13-8-15(24(20,22)23)3-5-17(13)21(11)10-14-7-12(9-19)2-4-16(14)18/h2-5,7-8,11H,6,10H2,1H3,(H2,20,22,23). The molecule has 1 aliphatic rings. The molecule has 0 spiro atoms. The van der Waals surface area contributed by atoms with Crippen LogP contribution in [0.3, 0.4) is 0 Å². The van der Waals surface area contributed by atoms with Crippen molar-refractivity contribution in [3.05, 3.63) is 58.9 Å². The van der Waals surface area contributed by atoms with Gasteiger partial charge in [0.1, 0.15) is 5.82 Å². The van der Waals surface area contributed by atoms with Crippen molar-refractivity contribution in [2.75, 3.05) is 4.90 Å². The molecule has 3 rings (SSSR count). The van der Waals surface area contributed by atoms with E-state index in [1.165, 1.54) is 18.2 Å². The Balaban J connectivity index is 1.96. The molecule has 24 heavy (non-hydrogen) atoms. The lowest BCUT2D eigenvalue weighted by molar-refractivity contribution is 0.592. The van der Waals surface area contributed by atoms with Crippen molar-refractivity contribution in [3.8, 4) is 6.07 Å². The van der Waals surface area contributed by atoms with Gasteiger partial charge >= 0.3 is 0 Å². The normalized spacial score (nSPS) is 16.8. The van der Waals surface area contributed by atoms with Crippen molar-refractivity contribution in [3.63, 3.8) is 0 Å². The molecule has 0 radical (unpaired) electrons. The zero-order valence-corrected chi connectivity index (χ0v) is 13.8. The van der Waals surface area contributed by atoms with Gasteiger partial charge in [-0.15, -0.1) is 0 Å². The molecule has 0 fully saturated rings. The number of nitrogens with zero attached hydrogens (tertiary/aromatic N) is 2. The molecule has 1 aliphatic heterocycles. The van der Waals surface area contributed by atoms with Crippen LogP contribution in [0, 0.1) is 17.1 Å². The van der Waals surface area contributed by atoms with Crippen LogP contribution in [0.15, 0.2) is 41.3 Å². The first kappa shape index (κ1) is 16.4. The summed E-state index contributed by atoms with van der Waals surface area (Å²) in [6.45, 7) is 2.30. The maximum absolute atomic E-state index is 14.1. The second-order valence-electron chi connectivity index (χ2n) is 5.93. The van der Waals surface area contributed by atoms with Gasteiger partial charge in [-0.05, 0) is 55.3 Å². The number of benzene rings is 2. The summed E-state index contributed by atoms with van der Waals surface area (Å²) in [5, 5.41) is 14.1. The minimum atomic E-state index is -3.75. The lowest BCUT2D eigenvalue weighted by Crippen LogP contribution is -2.29. The van der Waals surface area contributed by atoms with E-state index in [-0.39, 0.29) is 16.8 Å².